The summed E-state index contributed by atoms with van der Waals surface area (Å²) in [6.45, 7) is 0.807. The lowest BCUT2D eigenvalue weighted by Crippen LogP contribution is -2.35. The molecular weight excluding hydrogens is 290 g/mol. The second-order valence-corrected chi connectivity index (χ2v) is 5.57. The molecule has 2 rings (SSSR count). The highest BCUT2D eigenvalue weighted by Gasteiger charge is 2.30. The summed E-state index contributed by atoms with van der Waals surface area (Å²) >= 11 is 5.77. The van der Waals surface area contributed by atoms with Crippen molar-refractivity contribution in [2.24, 2.45) is 0 Å². The molecule has 0 bridgehead atoms. The van der Waals surface area contributed by atoms with Gasteiger partial charge in [0.2, 0.25) is 0 Å². The molecule has 1 aromatic rings. The Morgan fingerprint density at radius 1 is 1.38 bits per heavy atom. The van der Waals surface area contributed by atoms with Crippen LogP contribution in [-0.2, 0) is 0 Å². The average molecular weight is 312 g/mol. The summed E-state index contributed by atoms with van der Waals surface area (Å²) in [5, 5.41) is 0. The zero-order valence-electron chi connectivity index (χ0n) is 12.6. The van der Waals surface area contributed by atoms with E-state index in [0.717, 1.165) is 32.2 Å². The summed E-state index contributed by atoms with van der Waals surface area (Å²) in [7, 11) is 3.17. The smallest absolute Gasteiger partial charge is 0.257 e. The molecular formula is C16H22ClNO3. The highest BCUT2D eigenvalue weighted by atomic mass is 35.5. The van der Waals surface area contributed by atoms with E-state index in [2.05, 4.69) is 0 Å². The second-order valence-electron chi connectivity index (χ2n) is 5.19. The molecule has 1 heterocycles. The molecule has 0 spiro atoms. The number of benzene rings is 1. The van der Waals surface area contributed by atoms with Crippen molar-refractivity contribution in [1.82, 2.24) is 4.90 Å². The maximum Gasteiger partial charge on any atom is 0.257 e. The summed E-state index contributed by atoms with van der Waals surface area (Å²) in [6.07, 6.45) is 4.02. The maximum atomic E-state index is 12.8. The van der Waals surface area contributed by atoms with Gasteiger partial charge in [0.1, 0.15) is 11.5 Å². The minimum absolute atomic E-state index is 0.0339. The molecule has 5 heteroatoms. The monoisotopic (exact) mass is 311 g/mol. The number of nitrogens with zero attached hydrogens (tertiary/aromatic N) is 1. The number of rotatable bonds is 6. The van der Waals surface area contributed by atoms with E-state index in [0.29, 0.717) is 29.0 Å². The van der Waals surface area contributed by atoms with Gasteiger partial charge in [-0.05, 0) is 37.8 Å². The van der Waals surface area contributed by atoms with Crippen molar-refractivity contribution >= 4 is 17.5 Å². The number of hydrogen-bond donors (Lipinski definition) is 0. The molecule has 1 amide bonds. The Hall–Kier alpha value is -1.42. The molecule has 0 saturated carbocycles. The first kappa shape index (κ1) is 16.0. The van der Waals surface area contributed by atoms with E-state index in [1.807, 2.05) is 4.90 Å². The van der Waals surface area contributed by atoms with Crippen molar-refractivity contribution in [2.45, 2.75) is 31.7 Å². The number of carbonyl (C=O) groups excluding carboxylic acids is 1. The normalized spacial score (nSPS) is 17.9. The number of likely N-dealkylation sites (tertiary alicyclic amines) is 1. The third-order valence-electron chi connectivity index (χ3n) is 3.95. The molecule has 21 heavy (non-hydrogen) atoms. The molecule has 1 unspecified atom stereocenters. The second kappa shape index (κ2) is 7.55. The van der Waals surface area contributed by atoms with Gasteiger partial charge >= 0.3 is 0 Å². The third-order valence-corrected chi connectivity index (χ3v) is 4.22. The molecule has 0 aliphatic carbocycles. The Morgan fingerprint density at radius 3 is 2.86 bits per heavy atom. The third kappa shape index (κ3) is 3.62. The molecule has 1 aliphatic heterocycles. The summed E-state index contributed by atoms with van der Waals surface area (Å²) in [6, 6.07) is 5.61. The Morgan fingerprint density at radius 2 is 2.19 bits per heavy atom. The van der Waals surface area contributed by atoms with Crippen LogP contribution in [0.15, 0.2) is 18.2 Å². The van der Waals surface area contributed by atoms with E-state index < -0.39 is 0 Å². The number of amides is 1. The molecule has 1 fully saturated rings. The van der Waals surface area contributed by atoms with Crippen LogP contribution in [0.25, 0.3) is 0 Å². The van der Waals surface area contributed by atoms with Crippen LogP contribution in [0.5, 0.6) is 11.5 Å². The van der Waals surface area contributed by atoms with Crippen molar-refractivity contribution in [1.29, 1.82) is 0 Å². The average Bonchev–Trinajstić information content (AvgIpc) is 2.99. The number of carbonyl (C=O) groups is 1. The predicted octanol–water partition coefficient (Wildman–Crippen LogP) is 3.33. The molecule has 0 N–H and O–H groups in total. The predicted molar refractivity (Wildman–Crippen MR) is 83.6 cm³/mol. The van der Waals surface area contributed by atoms with Crippen molar-refractivity contribution in [3.63, 3.8) is 0 Å². The van der Waals surface area contributed by atoms with Gasteiger partial charge in [-0.1, -0.05) is 0 Å². The highest BCUT2D eigenvalue weighted by molar-refractivity contribution is 6.17. The fourth-order valence-corrected chi connectivity index (χ4v) is 3.00. The first-order valence-electron chi connectivity index (χ1n) is 7.30. The summed E-state index contributed by atoms with van der Waals surface area (Å²) in [4.78, 5) is 14.7. The number of halogens is 1. The fraction of sp³-hybridized carbons (Fsp3) is 0.562. The number of alkyl halides is 1. The van der Waals surface area contributed by atoms with Crippen LogP contribution >= 0.6 is 11.6 Å². The van der Waals surface area contributed by atoms with Crippen LogP contribution < -0.4 is 9.47 Å². The zero-order valence-corrected chi connectivity index (χ0v) is 13.4. The Balaban J connectivity index is 2.18. The molecule has 0 aromatic heterocycles. The van der Waals surface area contributed by atoms with Gasteiger partial charge in [-0.2, -0.15) is 0 Å². The van der Waals surface area contributed by atoms with Crippen molar-refractivity contribution in [3.8, 4) is 11.5 Å². The Kier molecular flexibility index (Phi) is 5.74. The van der Waals surface area contributed by atoms with Crippen LogP contribution in [0.1, 0.15) is 36.0 Å². The number of hydrogen-bond acceptors (Lipinski definition) is 3. The fourth-order valence-electron chi connectivity index (χ4n) is 2.85. The SMILES string of the molecule is COc1ccc(C(=O)N2CCCC2CCCCl)c(OC)c1. The summed E-state index contributed by atoms with van der Waals surface area (Å²) in [5.41, 5.74) is 0.594. The van der Waals surface area contributed by atoms with Crippen LogP contribution in [0.4, 0.5) is 0 Å². The van der Waals surface area contributed by atoms with Gasteiger partial charge in [-0.25, -0.2) is 0 Å². The lowest BCUT2D eigenvalue weighted by Gasteiger charge is -2.25. The standard InChI is InChI=1S/C16H22ClNO3/c1-20-13-7-8-14(15(11-13)21-2)16(19)18-10-4-6-12(18)5-3-9-17/h7-8,11-12H,3-6,9-10H2,1-2H3. The quantitative estimate of drug-likeness (QED) is 0.756. The number of methoxy groups -OCH3 is 2. The van der Waals surface area contributed by atoms with E-state index in [-0.39, 0.29) is 5.91 Å². The van der Waals surface area contributed by atoms with E-state index in [1.165, 1.54) is 0 Å². The van der Waals surface area contributed by atoms with Gasteiger partial charge in [-0.3, -0.25) is 4.79 Å². The van der Waals surface area contributed by atoms with E-state index in [9.17, 15) is 4.79 Å². The van der Waals surface area contributed by atoms with Crippen LogP contribution in [-0.4, -0.2) is 43.5 Å². The highest BCUT2D eigenvalue weighted by Crippen LogP contribution is 2.29. The molecule has 1 aromatic carbocycles. The first-order valence-corrected chi connectivity index (χ1v) is 7.83. The lowest BCUT2D eigenvalue weighted by atomic mass is 10.1. The number of ether oxygens (including phenoxy) is 2. The largest absolute Gasteiger partial charge is 0.497 e. The summed E-state index contributed by atoms with van der Waals surface area (Å²) in [5.74, 6) is 1.92. The lowest BCUT2D eigenvalue weighted by molar-refractivity contribution is 0.0726. The molecule has 1 saturated heterocycles. The van der Waals surface area contributed by atoms with Crippen molar-refractivity contribution in [3.05, 3.63) is 23.8 Å². The minimum Gasteiger partial charge on any atom is -0.497 e. The van der Waals surface area contributed by atoms with Gasteiger partial charge < -0.3 is 14.4 Å². The Labute approximate surface area is 131 Å². The van der Waals surface area contributed by atoms with Crippen LogP contribution in [0.2, 0.25) is 0 Å². The van der Waals surface area contributed by atoms with Gasteiger partial charge in [0.25, 0.3) is 5.91 Å². The van der Waals surface area contributed by atoms with Crippen LogP contribution in [0, 0.1) is 0 Å². The molecule has 4 nitrogen and oxygen atoms in total. The van der Waals surface area contributed by atoms with Gasteiger partial charge in [0.05, 0.1) is 19.8 Å². The topological polar surface area (TPSA) is 38.8 Å². The van der Waals surface area contributed by atoms with Crippen molar-refractivity contribution in [2.75, 3.05) is 26.6 Å². The maximum absolute atomic E-state index is 12.8. The van der Waals surface area contributed by atoms with E-state index in [4.69, 9.17) is 21.1 Å². The molecule has 1 atom stereocenters. The zero-order chi connectivity index (χ0) is 15.2. The van der Waals surface area contributed by atoms with Gasteiger partial charge in [0.15, 0.2) is 0 Å². The van der Waals surface area contributed by atoms with Crippen LogP contribution in [0.3, 0.4) is 0 Å². The molecule has 116 valence electrons. The summed E-state index contributed by atoms with van der Waals surface area (Å²) < 4.78 is 10.5. The molecule has 1 aliphatic rings. The van der Waals surface area contributed by atoms with Gasteiger partial charge in [-0.15, -0.1) is 11.6 Å². The first-order chi connectivity index (χ1) is 10.2. The minimum atomic E-state index is 0.0339. The van der Waals surface area contributed by atoms with E-state index in [1.54, 1.807) is 32.4 Å². The van der Waals surface area contributed by atoms with Crippen molar-refractivity contribution < 1.29 is 14.3 Å². The van der Waals surface area contributed by atoms with E-state index >= 15 is 0 Å². The Bertz CT molecular complexity index is 492. The molecule has 0 radical (unpaired) electrons. The van der Waals surface area contributed by atoms with Gasteiger partial charge in [0, 0.05) is 24.5 Å².